The van der Waals surface area contributed by atoms with E-state index < -0.39 is 6.09 Å². The maximum absolute atomic E-state index is 11.2. The second kappa shape index (κ2) is 5.27. The zero-order chi connectivity index (χ0) is 15.0. The van der Waals surface area contributed by atoms with Crippen molar-refractivity contribution in [2.75, 3.05) is 25.0 Å². The van der Waals surface area contributed by atoms with E-state index in [-0.39, 0.29) is 6.04 Å². The minimum atomic E-state index is -0.832. The number of piperidine rings is 1. The quantitative estimate of drug-likeness (QED) is 0.890. The summed E-state index contributed by atoms with van der Waals surface area (Å²) < 4.78 is 0. The molecule has 0 bridgehead atoms. The molecule has 0 aliphatic carbocycles. The van der Waals surface area contributed by atoms with Crippen molar-refractivity contribution in [2.24, 2.45) is 5.92 Å². The Morgan fingerprint density at radius 3 is 3.10 bits per heavy atom. The molecule has 6 heteroatoms. The van der Waals surface area contributed by atoms with Crippen molar-refractivity contribution in [1.82, 2.24) is 14.9 Å². The first-order valence-corrected chi connectivity index (χ1v) is 7.20. The number of hydrogen-bond donors (Lipinski definition) is 2. The molecule has 1 aliphatic heterocycles. The van der Waals surface area contributed by atoms with Gasteiger partial charge in [0.05, 0.1) is 0 Å². The molecular formula is C15H20N4O2. The van der Waals surface area contributed by atoms with Gasteiger partial charge in [0.2, 0.25) is 0 Å². The summed E-state index contributed by atoms with van der Waals surface area (Å²) in [6.07, 6.45) is 3.72. The number of carbonyl (C=O) groups is 1. The van der Waals surface area contributed by atoms with Crippen LogP contribution in [0.25, 0.3) is 11.0 Å². The highest BCUT2D eigenvalue weighted by molar-refractivity contribution is 5.89. The van der Waals surface area contributed by atoms with Crippen LogP contribution in [0, 0.1) is 5.92 Å². The monoisotopic (exact) mass is 288 g/mol. The number of H-pyrrole nitrogens is 1. The summed E-state index contributed by atoms with van der Waals surface area (Å²) in [5, 5.41) is 10.3. The van der Waals surface area contributed by atoms with Gasteiger partial charge in [-0.3, -0.25) is 0 Å². The molecular weight excluding hydrogens is 268 g/mol. The number of aromatic amines is 1. The fourth-order valence-corrected chi connectivity index (χ4v) is 3.16. The Kier molecular flexibility index (Phi) is 3.45. The highest BCUT2D eigenvalue weighted by atomic mass is 16.4. The van der Waals surface area contributed by atoms with Crippen LogP contribution in [0.5, 0.6) is 0 Å². The predicted molar refractivity (Wildman–Crippen MR) is 81.7 cm³/mol. The zero-order valence-electron chi connectivity index (χ0n) is 12.3. The van der Waals surface area contributed by atoms with E-state index in [9.17, 15) is 9.90 Å². The Bertz CT molecular complexity index is 654. The second-order valence-corrected chi connectivity index (χ2v) is 5.74. The Morgan fingerprint density at radius 1 is 1.52 bits per heavy atom. The Balaban J connectivity index is 1.91. The minimum Gasteiger partial charge on any atom is -0.465 e. The maximum Gasteiger partial charge on any atom is 0.407 e. The fourth-order valence-electron chi connectivity index (χ4n) is 3.16. The molecule has 0 spiro atoms. The van der Waals surface area contributed by atoms with Gasteiger partial charge in [-0.15, -0.1) is 0 Å². The number of likely N-dealkylation sites (tertiary alicyclic amines) is 1. The molecule has 1 amide bonds. The van der Waals surface area contributed by atoms with Crippen LogP contribution < -0.4 is 4.90 Å². The highest BCUT2D eigenvalue weighted by Gasteiger charge is 2.32. The SMILES string of the molecule is C[C@@H]1CCN(C(=O)O)C[C@@H]1N(C)c1ccnc2[nH]ccc12. The van der Waals surface area contributed by atoms with Crippen LogP contribution in [0.3, 0.4) is 0 Å². The van der Waals surface area contributed by atoms with Gasteiger partial charge < -0.3 is 19.9 Å². The minimum absolute atomic E-state index is 0.176. The van der Waals surface area contributed by atoms with Crippen LogP contribution in [0.1, 0.15) is 13.3 Å². The maximum atomic E-state index is 11.2. The van der Waals surface area contributed by atoms with Gasteiger partial charge in [0.1, 0.15) is 5.65 Å². The van der Waals surface area contributed by atoms with Crippen LogP contribution in [0.4, 0.5) is 10.5 Å². The van der Waals surface area contributed by atoms with Crippen LogP contribution >= 0.6 is 0 Å². The molecule has 2 aromatic heterocycles. The molecule has 2 atom stereocenters. The Hall–Kier alpha value is -2.24. The molecule has 1 fully saturated rings. The molecule has 0 radical (unpaired) electrons. The lowest BCUT2D eigenvalue weighted by Crippen LogP contribution is -2.52. The van der Waals surface area contributed by atoms with Crippen LogP contribution in [0.2, 0.25) is 0 Å². The number of amides is 1. The summed E-state index contributed by atoms with van der Waals surface area (Å²) in [5.74, 6) is 0.452. The summed E-state index contributed by atoms with van der Waals surface area (Å²) in [6.45, 7) is 3.36. The van der Waals surface area contributed by atoms with Crippen molar-refractivity contribution in [3.63, 3.8) is 0 Å². The molecule has 0 aromatic carbocycles. The third kappa shape index (κ3) is 2.41. The number of rotatable bonds is 2. The third-order valence-electron chi connectivity index (χ3n) is 4.50. The molecule has 2 aromatic rings. The van der Waals surface area contributed by atoms with Crippen molar-refractivity contribution in [3.05, 3.63) is 24.5 Å². The highest BCUT2D eigenvalue weighted by Crippen LogP contribution is 2.30. The van der Waals surface area contributed by atoms with Gasteiger partial charge in [-0.25, -0.2) is 9.78 Å². The van der Waals surface area contributed by atoms with Gasteiger partial charge in [0.15, 0.2) is 0 Å². The van der Waals surface area contributed by atoms with E-state index in [1.807, 2.05) is 25.4 Å². The van der Waals surface area contributed by atoms with Crippen molar-refractivity contribution in [3.8, 4) is 0 Å². The van der Waals surface area contributed by atoms with Gasteiger partial charge in [-0.2, -0.15) is 0 Å². The summed E-state index contributed by atoms with van der Waals surface area (Å²) in [5.41, 5.74) is 1.95. The number of aromatic nitrogens is 2. The van der Waals surface area contributed by atoms with E-state index in [0.717, 1.165) is 23.1 Å². The molecule has 1 aliphatic rings. The summed E-state index contributed by atoms with van der Waals surface area (Å²) >= 11 is 0. The number of nitrogens with one attached hydrogen (secondary N) is 1. The van der Waals surface area contributed by atoms with Crippen molar-refractivity contribution in [1.29, 1.82) is 0 Å². The number of pyridine rings is 1. The lowest BCUT2D eigenvalue weighted by molar-refractivity contribution is 0.118. The number of carboxylic acid groups (broad SMARTS) is 1. The van der Waals surface area contributed by atoms with Crippen molar-refractivity contribution in [2.45, 2.75) is 19.4 Å². The molecule has 112 valence electrons. The lowest BCUT2D eigenvalue weighted by Gasteiger charge is -2.41. The van der Waals surface area contributed by atoms with E-state index in [1.54, 1.807) is 6.20 Å². The summed E-state index contributed by atoms with van der Waals surface area (Å²) in [7, 11) is 2.04. The van der Waals surface area contributed by atoms with Gasteiger partial charge >= 0.3 is 6.09 Å². The van der Waals surface area contributed by atoms with Gasteiger partial charge in [0.25, 0.3) is 0 Å². The van der Waals surface area contributed by atoms with E-state index in [0.29, 0.717) is 19.0 Å². The van der Waals surface area contributed by atoms with Crippen molar-refractivity contribution < 1.29 is 9.90 Å². The van der Waals surface area contributed by atoms with E-state index in [4.69, 9.17) is 0 Å². The normalized spacial score (nSPS) is 22.5. The zero-order valence-corrected chi connectivity index (χ0v) is 12.3. The smallest absolute Gasteiger partial charge is 0.407 e. The van der Waals surface area contributed by atoms with E-state index in [2.05, 4.69) is 21.8 Å². The summed E-state index contributed by atoms with van der Waals surface area (Å²) in [6, 6.07) is 4.18. The number of likely N-dealkylation sites (N-methyl/N-ethyl adjacent to an activating group) is 1. The van der Waals surface area contributed by atoms with E-state index >= 15 is 0 Å². The van der Waals surface area contributed by atoms with Gasteiger partial charge in [-0.1, -0.05) is 6.92 Å². The largest absolute Gasteiger partial charge is 0.465 e. The molecule has 21 heavy (non-hydrogen) atoms. The van der Waals surface area contributed by atoms with E-state index in [1.165, 1.54) is 4.90 Å². The molecule has 0 saturated carbocycles. The molecule has 0 unspecified atom stereocenters. The Labute approximate surface area is 123 Å². The first-order chi connectivity index (χ1) is 10.1. The summed E-state index contributed by atoms with van der Waals surface area (Å²) in [4.78, 5) is 22.4. The average molecular weight is 288 g/mol. The van der Waals surface area contributed by atoms with Crippen LogP contribution in [0.15, 0.2) is 24.5 Å². The number of nitrogens with zero attached hydrogens (tertiary/aromatic N) is 3. The number of anilines is 1. The first kappa shape index (κ1) is 13.7. The molecule has 3 rings (SSSR count). The second-order valence-electron chi connectivity index (χ2n) is 5.74. The first-order valence-electron chi connectivity index (χ1n) is 7.20. The van der Waals surface area contributed by atoms with Crippen LogP contribution in [-0.4, -0.2) is 52.2 Å². The average Bonchev–Trinajstić information content (AvgIpc) is 2.95. The predicted octanol–water partition coefficient (Wildman–Crippen LogP) is 2.39. The Morgan fingerprint density at radius 2 is 2.33 bits per heavy atom. The molecule has 1 saturated heterocycles. The fraction of sp³-hybridized carbons (Fsp3) is 0.467. The van der Waals surface area contributed by atoms with Crippen molar-refractivity contribution >= 4 is 22.8 Å². The molecule has 3 heterocycles. The van der Waals surface area contributed by atoms with Gasteiger partial charge in [-0.05, 0) is 24.5 Å². The number of hydrogen-bond acceptors (Lipinski definition) is 3. The topological polar surface area (TPSA) is 72.5 Å². The lowest BCUT2D eigenvalue weighted by atomic mass is 9.92. The third-order valence-corrected chi connectivity index (χ3v) is 4.50. The van der Waals surface area contributed by atoms with Crippen LogP contribution in [-0.2, 0) is 0 Å². The molecule has 6 nitrogen and oxygen atoms in total. The molecule has 2 N–H and O–H groups in total. The standard InChI is InChI=1S/C15H20N4O2/c1-10-5-8-19(15(20)21)9-13(10)18(2)12-4-7-17-14-11(12)3-6-16-14/h3-4,6-7,10,13H,5,8-9H2,1-2H3,(H,16,17)(H,20,21)/t10-,13+/m1/s1. The van der Waals surface area contributed by atoms with Gasteiger partial charge in [0, 0.05) is 49.6 Å². The number of fused-ring (bicyclic) bond motifs is 1.